The van der Waals surface area contributed by atoms with Crippen molar-refractivity contribution in [3.8, 4) is 6.07 Å². The maximum absolute atomic E-state index is 11.3. The highest BCUT2D eigenvalue weighted by Crippen LogP contribution is 2.37. The molecule has 1 N–H and O–H groups in total. The lowest BCUT2D eigenvalue weighted by atomic mass is 9.88. The Morgan fingerprint density at radius 2 is 2.21 bits per heavy atom. The first-order valence-corrected chi connectivity index (χ1v) is 6.39. The summed E-state index contributed by atoms with van der Waals surface area (Å²) in [5.41, 5.74) is 0.0164. The molecule has 0 heterocycles. The zero-order valence-electron chi connectivity index (χ0n) is 8.58. The van der Waals surface area contributed by atoms with Crippen LogP contribution in [-0.2, 0) is 10.0 Å². The van der Waals surface area contributed by atoms with Gasteiger partial charge in [0.15, 0.2) is 5.75 Å². The molecule has 5 heteroatoms. The van der Waals surface area contributed by atoms with Crippen molar-refractivity contribution in [3.63, 3.8) is 0 Å². The SMILES string of the molecule is CC1(C)CCCC1NS(=O)(=O)CC#N. The standard InChI is InChI=1S/C9H16N2O2S/c1-9(2)5-3-4-8(9)11-14(12,13)7-6-10/h8,11H,3-5,7H2,1-2H3. The summed E-state index contributed by atoms with van der Waals surface area (Å²) < 4.78 is 25.3. The van der Waals surface area contributed by atoms with Crippen LogP contribution < -0.4 is 4.72 Å². The zero-order chi connectivity index (χ0) is 10.8. The van der Waals surface area contributed by atoms with Crippen molar-refractivity contribution in [2.24, 2.45) is 5.41 Å². The number of hydrogen-bond donors (Lipinski definition) is 1. The second-order valence-corrected chi connectivity index (χ2v) is 6.22. The molecule has 0 radical (unpaired) electrons. The Kier molecular flexibility index (Phi) is 3.17. The van der Waals surface area contributed by atoms with Crippen LogP contribution in [0.15, 0.2) is 0 Å². The van der Waals surface area contributed by atoms with Gasteiger partial charge in [0, 0.05) is 6.04 Å². The van der Waals surface area contributed by atoms with Gasteiger partial charge in [-0.3, -0.25) is 0 Å². The van der Waals surface area contributed by atoms with Gasteiger partial charge < -0.3 is 0 Å². The second-order valence-electron chi connectivity index (χ2n) is 4.47. The van der Waals surface area contributed by atoms with Crippen molar-refractivity contribution in [2.75, 3.05) is 5.75 Å². The van der Waals surface area contributed by atoms with Crippen molar-refractivity contribution >= 4 is 10.0 Å². The van der Waals surface area contributed by atoms with Gasteiger partial charge in [-0.2, -0.15) is 5.26 Å². The molecule has 0 aromatic rings. The third kappa shape index (κ3) is 2.69. The third-order valence-corrected chi connectivity index (χ3v) is 3.99. The Balaban J connectivity index is 2.66. The lowest BCUT2D eigenvalue weighted by molar-refractivity contribution is 0.313. The molecule has 0 aromatic carbocycles. The van der Waals surface area contributed by atoms with Gasteiger partial charge in [-0.15, -0.1) is 0 Å². The Hall–Kier alpha value is -0.600. The normalized spacial score (nSPS) is 25.9. The molecule has 0 amide bonds. The Morgan fingerprint density at radius 3 is 2.64 bits per heavy atom. The molecule has 80 valence electrons. The van der Waals surface area contributed by atoms with E-state index in [1.54, 1.807) is 6.07 Å². The fraction of sp³-hybridized carbons (Fsp3) is 0.889. The van der Waals surface area contributed by atoms with E-state index >= 15 is 0 Å². The van der Waals surface area contributed by atoms with E-state index in [-0.39, 0.29) is 11.5 Å². The van der Waals surface area contributed by atoms with E-state index < -0.39 is 15.8 Å². The van der Waals surface area contributed by atoms with Crippen molar-refractivity contribution < 1.29 is 8.42 Å². The fourth-order valence-electron chi connectivity index (χ4n) is 1.89. The number of nitriles is 1. The van der Waals surface area contributed by atoms with Crippen molar-refractivity contribution in [3.05, 3.63) is 0 Å². The van der Waals surface area contributed by atoms with Gasteiger partial charge in [0.1, 0.15) is 0 Å². The van der Waals surface area contributed by atoms with Gasteiger partial charge in [-0.05, 0) is 18.3 Å². The van der Waals surface area contributed by atoms with E-state index in [9.17, 15) is 8.42 Å². The Labute approximate surface area is 85.4 Å². The molecule has 14 heavy (non-hydrogen) atoms. The van der Waals surface area contributed by atoms with Gasteiger partial charge in [0.25, 0.3) is 0 Å². The number of nitrogens with zero attached hydrogens (tertiary/aromatic N) is 1. The highest BCUT2D eigenvalue weighted by Gasteiger charge is 2.36. The molecule has 1 saturated carbocycles. The fourth-order valence-corrected chi connectivity index (χ4v) is 3.01. The van der Waals surface area contributed by atoms with Crippen molar-refractivity contribution in [1.82, 2.24) is 4.72 Å². The minimum Gasteiger partial charge on any atom is -0.211 e. The van der Waals surface area contributed by atoms with Crippen LogP contribution in [0.5, 0.6) is 0 Å². The average molecular weight is 216 g/mol. The maximum atomic E-state index is 11.3. The maximum Gasteiger partial charge on any atom is 0.225 e. The van der Waals surface area contributed by atoms with Gasteiger partial charge in [0.05, 0.1) is 6.07 Å². The Morgan fingerprint density at radius 1 is 1.57 bits per heavy atom. The summed E-state index contributed by atoms with van der Waals surface area (Å²) in [7, 11) is -3.40. The van der Waals surface area contributed by atoms with E-state index in [1.807, 2.05) is 0 Å². The summed E-state index contributed by atoms with van der Waals surface area (Å²) in [5.74, 6) is -0.445. The van der Waals surface area contributed by atoms with Crippen molar-refractivity contribution in [2.45, 2.75) is 39.2 Å². The number of rotatable bonds is 3. The van der Waals surface area contributed by atoms with Crippen LogP contribution in [0.25, 0.3) is 0 Å². The van der Waals surface area contributed by atoms with E-state index in [0.29, 0.717) is 0 Å². The average Bonchev–Trinajstić information content (AvgIpc) is 2.29. The lowest BCUT2D eigenvalue weighted by Gasteiger charge is -2.27. The lowest BCUT2D eigenvalue weighted by Crippen LogP contribution is -2.42. The van der Waals surface area contributed by atoms with E-state index in [1.165, 1.54) is 0 Å². The van der Waals surface area contributed by atoms with Crippen LogP contribution >= 0.6 is 0 Å². The van der Waals surface area contributed by atoms with E-state index in [0.717, 1.165) is 19.3 Å². The van der Waals surface area contributed by atoms with Crippen LogP contribution in [0.2, 0.25) is 0 Å². The van der Waals surface area contributed by atoms with Gasteiger partial charge in [-0.1, -0.05) is 20.3 Å². The number of hydrogen-bond acceptors (Lipinski definition) is 3. The molecule has 0 bridgehead atoms. The monoisotopic (exact) mass is 216 g/mol. The molecule has 0 spiro atoms. The predicted octanol–water partition coefficient (Wildman–Crippen LogP) is 1.01. The molecule has 0 aliphatic heterocycles. The topological polar surface area (TPSA) is 70.0 Å². The highest BCUT2D eigenvalue weighted by molar-refractivity contribution is 7.89. The molecular weight excluding hydrogens is 200 g/mol. The Bertz CT molecular complexity index is 340. The molecule has 1 aliphatic carbocycles. The van der Waals surface area contributed by atoms with Gasteiger partial charge >= 0.3 is 0 Å². The quantitative estimate of drug-likeness (QED) is 0.765. The number of sulfonamides is 1. The summed E-state index contributed by atoms with van der Waals surface area (Å²) in [4.78, 5) is 0. The summed E-state index contributed by atoms with van der Waals surface area (Å²) in [6.45, 7) is 4.11. The molecular formula is C9H16N2O2S. The van der Waals surface area contributed by atoms with Crippen LogP contribution in [-0.4, -0.2) is 20.2 Å². The summed E-state index contributed by atoms with van der Waals surface area (Å²) in [6.07, 6.45) is 2.96. The summed E-state index contributed by atoms with van der Waals surface area (Å²) in [6, 6.07) is 1.65. The third-order valence-electron chi connectivity index (χ3n) is 2.83. The first kappa shape index (κ1) is 11.5. The van der Waals surface area contributed by atoms with E-state index in [4.69, 9.17) is 5.26 Å². The molecule has 1 unspecified atom stereocenters. The van der Waals surface area contributed by atoms with Crippen LogP contribution in [0.4, 0.5) is 0 Å². The second kappa shape index (κ2) is 3.87. The zero-order valence-corrected chi connectivity index (χ0v) is 9.39. The highest BCUT2D eigenvalue weighted by atomic mass is 32.2. The predicted molar refractivity (Wildman–Crippen MR) is 54.0 cm³/mol. The molecule has 0 saturated heterocycles. The smallest absolute Gasteiger partial charge is 0.211 e. The summed E-state index contributed by atoms with van der Waals surface area (Å²) >= 11 is 0. The molecule has 1 atom stereocenters. The first-order chi connectivity index (χ1) is 6.37. The summed E-state index contributed by atoms with van der Waals surface area (Å²) in [5, 5.41) is 8.34. The van der Waals surface area contributed by atoms with Gasteiger partial charge in [0.2, 0.25) is 10.0 Å². The van der Waals surface area contributed by atoms with Gasteiger partial charge in [-0.25, -0.2) is 13.1 Å². The van der Waals surface area contributed by atoms with Crippen LogP contribution in [0, 0.1) is 16.7 Å². The van der Waals surface area contributed by atoms with E-state index in [2.05, 4.69) is 18.6 Å². The molecule has 0 aromatic heterocycles. The molecule has 1 aliphatic rings. The van der Waals surface area contributed by atoms with Crippen LogP contribution in [0.1, 0.15) is 33.1 Å². The molecule has 1 rings (SSSR count). The van der Waals surface area contributed by atoms with Crippen molar-refractivity contribution in [1.29, 1.82) is 5.26 Å². The van der Waals surface area contributed by atoms with Crippen LogP contribution in [0.3, 0.4) is 0 Å². The molecule has 4 nitrogen and oxygen atoms in total. The first-order valence-electron chi connectivity index (χ1n) is 4.74. The minimum atomic E-state index is -3.40. The number of nitrogens with one attached hydrogen (secondary N) is 1. The minimum absolute atomic E-state index is 0.0131. The largest absolute Gasteiger partial charge is 0.225 e. The molecule has 1 fully saturated rings.